The van der Waals surface area contributed by atoms with Gasteiger partial charge < -0.3 is 4.74 Å². The highest BCUT2D eigenvalue weighted by atomic mass is 16.5. The molecule has 1 N–H and O–H groups in total. The van der Waals surface area contributed by atoms with Crippen LogP contribution < -0.4 is 16.1 Å². The van der Waals surface area contributed by atoms with E-state index in [9.17, 15) is 4.79 Å². The fraction of sp³-hybridized carbons (Fsp3) is 0.304. The Balaban J connectivity index is 1.41. The molecule has 1 unspecified atom stereocenters. The van der Waals surface area contributed by atoms with Crippen LogP contribution in [0.3, 0.4) is 0 Å². The van der Waals surface area contributed by atoms with Gasteiger partial charge in [0.2, 0.25) is 0 Å². The summed E-state index contributed by atoms with van der Waals surface area (Å²) in [5.74, 6) is 0. The van der Waals surface area contributed by atoms with E-state index in [-0.39, 0.29) is 11.6 Å². The molecular weight excluding hydrogens is 406 g/mol. The van der Waals surface area contributed by atoms with Crippen molar-refractivity contribution in [2.24, 2.45) is 5.10 Å². The number of para-hydroxylation sites is 1. The molecule has 4 heterocycles. The number of anilines is 1. The van der Waals surface area contributed by atoms with Crippen molar-refractivity contribution < 1.29 is 4.74 Å². The van der Waals surface area contributed by atoms with Gasteiger partial charge >= 0.3 is 0 Å². The lowest BCUT2D eigenvalue weighted by atomic mass is 10.1. The average molecular weight is 429 g/mol. The van der Waals surface area contributed by atoms with Crippen LogP contribution in [0.5, 0.6) is 0 Å². The molecule has 9 nitrogen and oxygen atoms in total. The largest absolute Gasteiger partial charge is 0.379 e. The monoisotopic (exact) mass is 429 g/mol. The molecule has 1 atom stereocenters. The summed E-state index contributed by atoms with van der Waals surface area (Å²) in [7, 11) is 0. The predicted octanol–water partition coefficient (Wildman–Crippen LogP) is 2.41. The van der Waals surface area contributed by atoms with Gasteiger partial charge in [-0.25, -0.2) is 10.1 Å². The van der Waals surface area contributed by atoms with Crippen LogP contribution in [0.25, 0.3) is 22.3 Å². The number of nitrogens with one attached hydrogen (secondary N) is 1. The highest BCUT2D eigenvalue weighted by molar-refractivity contribution is 5.92. The van der Waals surface area contributed by atoms with Crippen LogP contribution in [-0.2, 0) is 11.3 Å². The number of hydrazine groups is 1. The van der Waals surface area contributed by atoms with Crippen molar-refractivity contribution in [2.45, 2.75) is 25.4 Å². The number of rotatable bonds is 4. The van der Waals surface area contributed by atoms with E-state index >= 15 is 0 Å². The van der Waals surface area contributed by atoms with Gasteiger partial charge in [0, 0.05) is 18.2 Å². The number of benzene rings is 2. The van der Waals surface area contributed by atoms with Gasteiger partial charge in [0.15, 0.2) is 5.69 Å². The summed E-state index contributed by atoms with van der Waals surface area (Å²) < 4.78 is 9.05. The molecule has 0 amide bonds. The van der Waals surface area contributed by atoms with Crippen molar-refractivity contribution in [1.29, 1.82) is 0 Å². The van der Waals surface area contributed by atoms with E-state index in [1.807, 2.05) is 47.3 Å². The van der Waals surface area contributed by atoms with Crippen LogP contribution in [0.4, 0.5) is 5.69 Å². The normalized spacial score (nSPS) is 18.8. The Labute approximate surface area is 184 Å². The van der Waals surface area contributed by atoms with E-state index in [0.717, 1.165) is 48.1 Å². The van der Waals surface area contributed by atoms with E-state index in [4.69, 9.17) is 14.9 Å². The van der Waals surface area contributed by atoms with Crippen LogP contribution in [0, 0.1) is 0 Å². The number of nitrogens with zero attached hydrogens (tertiary/aromatic N) is 6. The van der Waals surface area contributed by atoms with Crippen LogP contribution in [0.15, 0.2) is 58.4 Å². The van der Waals surface area contributed by atoms with Crippen molar-refractivity contribution in [3.05, 3.63) is 64.4 Å². The number of hydrogen-bond donors (Lipinski definition) is 1. The van der Waals surface area contributed by atoms with Crippen molar-refractivity contribution in [3.8, 4) is 11.4 Å². The first-order chi connectivity index (χ1) is 15.8. The van der Waals surface area contributed by atoms with Gasteiger partial charge in [0.1, 0.15) is 5.69 Å². The second-order valence-corrected chi connectivity index (χ2v) is 8.13. The van der Waals surface area contributed by atoms with Gasteiger partial charge in [0.25, 0.3) is 5.56 Å². The van der Waals surface area contributed by atoms with Gasteiger partial charge in [-0.05, 0) is 36.6 Å². The molecule has 32 heavy (non-hydrogen) atoms. The topological polar surface area (TPSA) is 89.6 Å². The van der Waals surface area contributed by atoms with E-state index in [2.05, 4.69) is 22.7 Å². The molecule has 1 fully saturated rings. The first-order valence-corrected chi connectivity index (χ1v) is 10.9. The van der Waals surface area contributed by atoms with Crippen molar-refractivity contribution >= 4 is 22.8 Å². The predicted molar refractivity (Wildman–Crippen MR) is 122 cm³/mol. The molecule has 6 rings (SSSR count). The number of hydrazone groups is 1. The molecule has 0 saturated carbocycles. The first-order valence-electron chi connectivity index (χ1n) is 10.9. The molecule has 2 aromatic carbocycles. The highest BCUT2D eigenvalue weighted by Crippen LogP contribution is 2.28. The van der Waals surface area contributed by atoms with Crippen molar-refractivity contribution in [1.82, 2.24) is 25.0 Å². The molecule has 4 aliphatic rings. The maximum absolute atomic E-state index is 13.2. The Morgan fingerprint density at radius 2 is 1.94 bits per heavy atom. The van der Waals surface area contributed by atoms with E-state index in [1.54, 1.807) is 9.80 Å². The molecule has 162 valence electrons. The minimum Gasteiger partial charge on any atom is -0.379 e. The summed E-state index contributed by atoms with van der Waals surface area (Å²) in [6, 6.07) is 16.1. The Bertz CT molecular complexity index is 1320. The average Bonchev–Trinajstić information content (AvgIpc) is 3.49. The third kappa shape index (κ3) is 3.26. The van der Waals surface area contributed by atoms with Crippen LogP contribution >= 0.6 is 0 Å². The summed E-state index contributed by atoms with van der Waals surface area (Å²) in [6.07, 6.45) is 3.65. The summed E-state index contributed by atoms with van der Waals surface area (Å²) in [5, 5.41) is 16.4. The third-order valence-electron chi connectivity index (χ3n) is 6.03. The second kappa shape index (κ2) is 7.85. The molecule has 0 aromatic heterocycles. The summed E-state index contributed by atoms with van der Waals surface area (Å²) in [4.78, 5) is 13.2. The van der Waals surface area contributed by atoms with Crippen LogP contribution in [0.1, 0.15) is 24.4 Å². The standard InChI is InChI=1S/C23H23N7O2/c31-23-22-21(27-29(23)18-4-3-13-32-15-18)19-5-1-2-6-20(19)28(26-22)14-16-7-9-17(10-8-16)30-24-11-12-25-30/h1-2,5-11,18,25H,3-4,12-15H2. The zero-order chi connectivity index (χ0) is 21.5. The fourth-order valence-electron chi connectivity index (χ4n) is 4.40. The highest BCUT2D eigenvalue weighted by Gasteiger charge is 2.26. The maximum atomic E-state index is 13.2. The minimum atomic E-state index is -0.150. The molecule has 0 aliphatic carbocycles. The number of aromatic nitrogens is 4. The molecule has 1 saturated heterocycles. The number of fused-ring (bicyclic) bond motifs is 3. The van der Waals surface area contributed by atoms with Crippen molar-refractivity contribution in [2.75, 3.05) is 24.9 Å². The third-order valence-corrected chi connectivity index (χ3v) is 6.03. The van der Waals surface area contributed by atoms with Gasteiger partial charge in [0.05, 0.1) is 36.9 Å². The first kappa shape index (κ1) is 19.1. The van der Waals surface area contributed by atoms with Gasteiger partial charge in [-0.2, -0.15) is 20.4 Å². The summed E-state index contributed by atoms with van der Waals surface area (Å²) >= 11 is 0. The second-order valence-electron chi connectivity index (χ2n) is 8.13. The van der Waals surface area contributed by atoms with E-state index in [1.165, 1.54) is 0 Å². The Morgan fingerprint density at radius 3 is 2.72 bits per heavy atom. The maximum Gasteiger partial charge on any atom is 0.297 e. The molecule has 9 heteroatoms. The molecule has 2 aromatic rings. The van der Waals surface area contributed by atoms with E-state index in [0.29, 0.717) is 24.5 Å². The molecule has 0 spiro atoms. The molecular formula is C23H23N7O2. The fourth-order valence-corrected chi connectivity index (χ4v) is 4.40. The van der Waals surface area contributed by atoms with Gasteiger partial charge in [-0.15, -0.1) is 0 Å². The van der Waals surface area contributed by atoms with Gasteiger partial charge in [-0.1, -0.05) is 30.3 Å². The lowest BCUT2D eigenvalue weighted by Crippen LogP contribution is -2.29. The Hall–Kier alpha value is -3.56. The lowest BCUT2D eigenvalue weighted by molar-refractivity contribution is 0.0540. The zero-order valence-electron chi connectivity index (χ0n) is 17.5. The van der Waals surface area contributed by atoms with Crippen LogP contribution in [-0.4, -0.2) is 45.5 Å². The lowest BCUT2D eigenvalue weighted by Gasteiger charge is -2.21. The number of ether oxygens (including phenoxy) is 1. The minimum absolute atomic E-state index is 0.0351. The molecule has 4 aliphatic heterocycles. The molecule has 0 bridgehead atoms. The van der Waals surface area contributed by atoms with E-state index < -0.39 is 0 Å². The summed E-state index contributed by atoms with van der Waals surface area (Å²) in [6.45, 7) is 2.53. The van der Waals surface area contributed by atoms with Crippen LogP contribution in [0.2, 0.25) is 0 Å². The Kier molecular flexibility index (Phi) is 4.70. The quantitative estimate of drug-likeness (QED) is 0.536. The molecule has 0 radical (unpaired) electrons. The SMILES string of the molecule is O=c1c2nn(Cc3ccc(N4N=CCN4)cc3)c3ccccc3c-2nn1C1CCCOC1. The summed E-state index contributed by atoms with van der Waals surface area (Å²) in [5.41, 5.74) is 7.07. The Morgan fingerprint density at radius 1 is 1.06 bits per heavy atom. The smallest absolute Gasteiger partial charge is 0.297 e. The van der Waals surface area contributed by atoms with Crippen molar-refractivity contribution in [3.63, 3.8) is 0 Å². The van der Waals surface area contributed by atoms with Gasteiger partial charge in [-0.3, -0.25) is 9.48 Å². The number of hydrogen-bond acceptors (Lipinski definition) is 7. The zero-order valence-corrected chi connectivity index (χ0v) is 17.5.